The van der Waals surface area contributed by atoms with Gasteiger partial charge in [0.1, 0.15) is 24.1 Å². The van der Waals surface area contributed by atoms with Crippen molar-refractivity contribution in [3.05, 3.63) is 16.4 Å². The van der Waals surface area contributed by atoms with Crippen molar-refractivity contribution < 1.29 is 20.1 Å². The van der Waals surface area contributed by atoms with Crippen LogP contribution in [-0.4, -0.2) is 62.7 Å². The largest absolute Gasteiger partial charge is 0.388 e. The van der Waals surface area contributed by atoms with Crippen LogP contribution >= 0.6 is 11.8 Å². The first kappa shape index (κ1) is 14.3. The lowest BCUT2D eigenvalue weighted by Gasteiger charge is -2.35. The molecular formula is C10H15N3O5S. The summed E-state index contributed by atoms with van der Waals surface area (Å²) in [6, 6.07) is 1.22. The molecule has 0 aromatic carbocycles. The molecule has 0 unspecified atom stereocenters. The predicted octanol–water partition coefficient (Wildman–Crippen LogP) is -1.66. The van der Waals surface area contributed by atoms with Gasteiger partial charge < -0.3 is 30.4 Å². The highest BCUT2D eigenvalue weighted by Crippen LogP contribution is 2.17. The Balaban J connectivity index is 2.13. The molecule has 1 fully saturated rings. The average molecular weight is 289 g/mol. The van der Waals surface area contributed by atoms with Crippen molar-refractivity contribution in [3.63, 3.8) is 0 Å². The maximum atomic E-state index is 11.4. The van der Waals surface area contributed by atoms with Crippen molar-refractivity contribution in [3.8, 4) is 0 Å². The second-order valence-electron chi connectivity index (χ2n) is 4.09. The zero-order valence-corrected chi connectivity index (χ0v) is 10.9. The number of anilines is 1. The monoisotopic (exact) mass is 289 g/mol. The fourth-order valence-electron chi connectivity index (χ4n) is 1.68. The zero-order valence-electron chi connectivity index (χ0n) is 10.1. The molecule has 1 aliphatic rings. The Kier molecular flexibility index (Phi) is 4.42. The molecule has 0 bridgehead atoms. The van der Waals surface area contributed by atoms with Gasteiger partial charge in [-0.1, -0.05) is 11.8 Å². The third-order valence-electron chi connectivity index (χ3n) is 2.70. The number of aromatic nitrogens is 2. The van der Waals surface area contributed by atoms with Crippen molar-refractivity contribution in [2.24, 2.45) is 0 Å². The van der Waals surface area contributed by atoms with Gasteiger partial charge in [-0.3, -0.25) is 4.79 Å². The van der Waals surface area contributed by atoms with Gasteiger partial charge in [-0.25, -0.2) is 4.98 Å². The Hall–Kier alpha value is -1.13. The molecule has 0 saturated carbocycles. The Morgan fingerprint density at radius 1 is 1.47 bits per heavy atom. The lowest BCUT2D eigenvalue weighted by molar-refractivity contribution is -0.178. The number of ether oxygens (including phenoxy) is 1. The first-order valence-corrected chi connectivity index (χ1v) is 6.81. The number of thioether (sulfide) groups is 1. The van der Waals surface area contributed by atoms with E-state index < -0.39 is 24.5 Å². The molecule has 0 amide bonds. The quantitative estimate of drug-likeness (QED) is 0.330. The van der Waals surface area contributed by atoms with Crippen LogP contribution < -0.4 is 10.9 Å². The molecule has 1 aromatic rings. The number of hydrogen-bond donors (Lipinski definition) is 5. The first-order valence-electron chi connectivity index (χ1n) is 5.59. The smallest absolute Gasteiger partial charge is 0.253 e. The number of rotatable bonds is 3. The molecule has 0 aliphatic carbocycles. The molecule has 106 valence electrons. The molecule has 0 spiro atoms. The lowest BCUT2D eigenvalue weighted by Crippen LogP contribution is -2.55. The minimum atomic E-state index is -1.32. The molecule has 1 aliphatic heterocycles. The van der Waals surface area contributed by atoms with Crippen LogP contribution in [0.1, 0.15) is 0 Å². The van der Waals surface area contributed by atoms with Crippen LogP contribution in [0.2, 0.25) is 0 Å². The van der Waals surface area contributed by atoms with Crippen molar-refractivity contribution in [2.45, 2.75) is 29.7 Å². The zero-order chi connectivity index (χ0) is 14.0. The highest BCUT2D eigenvalue weighted by Gasteiger charge is 2.37. The highest BCUT2D eigenvalue weighted by molar-refractivity contribution is 7.98. The average Bonchev–Trinajstić information content (AvgIpc) is 2.39. The minimum Gasteiger partial charge on any atom is -0.388 e. The molecule has 0 radical (unpaired) electrons. The van der Waals surface area contributed by atoms with Crippen molar-refractivity contribution in [1.29, 1.82) is 0 Å². The van der Waals surface area contributed by atoms with Crippen molar-refractivity contribution in [2.75, 3.05) is 18.2 Å². The second kappa shape index (κ2) is 5.88. The summed E-state index contributed by atoms with van der Waals surface area (Å²) in [5, 5.41) is 31.7. The van der Waals surface area contributed by atoms with E-state index >= 15 is 0 Å². The van der Waals surface area contributed by atoms with Crippen LogP contribution in [0.25, 0.3) is 0 Å². The summed E-state index contributed by atoms with van der Waals surface area (Å²) in [7, 11) is 0. The number of H-pyrrole nitrogens is 1. The van der Waals surface area contributed by atoms with Crippen LogP contribution in [0, 0.1) is 0 Å². The van der Waals surface area contributed by atoms with Gasteiger partial charge in [0, 0.05) is 6.07 Å². The Morgan fingerprint density at radius 3 is 2.89 bits per heavy atom. The summed E-state index contributed by atoms with van der Waals surface area (Å²) < 4.78 is 5.16. The van der Waals surface area contributed by atoms with Gasteiger partial charge in [-0.05, 0) is 6.26 Å². The summed E-state index contributed by atoms with van der Waals surface area (Å²) in [5.74, 6) is 0.223. The Labute approximate surface area is 112 Å². The summed E-state index contributed by atoms with van der Waals surface area (Å²) in [5.41, 5.74) is -0.340. The van der Waals surface area contributed by atoms with E-state index in [1.807, 2.05) is 0 Å². The van der Waals surface area contributed by atoms with Crippen molar-refractivity contribution >= 4 is 17.6 Å². The fourth-order valence-corrected chi connectivity index (χ4v) is 2.08. The summed E-state index contributed by atoms with van der Waals surface area (Å²) >= 11 is 1.26. The molecular weight excluding hydrogens is 274 g/mol. The Bertz CT molecular complexity index is 496. The first-order chi connectivity index (χ1) is 9.01. The topological polar surface area (TPSA) is 128 Å². The van der Waals surface area contributed by atoms with Crippen LogP contribution in [0.3, 0.4) is 0 Å². The number of aliphatic hydroxyl groups is 3. The standard InChI is InChI=1S/C10H15N3O5S/c1-19-10-12-5(2-6(15)13-10)11-9-8(17)7(16)4(14)3-18-9/h2,4,7-9,14,16-17H,3H2,1H3,(H2,11,12,13,15)/t4-,7-,8-,9+/m1/s1. The van der Waals surface area contributed by atoms with E-state index in [1.54, 1.807) is 6.26 Å². The summed E-state index contributed by atoms with van der Waals surface area (Å²) in [4.78, 5) is 18.0. The molecule has 1 aromatic heterocycles. The van der Waals surface area contributed by atoms with Gasteiger partial charge in [-0.2, -0.15) is 0 Å². The maximum absolute atomic E-state index is 11.4. The van der Waals surface area contributed by atoms with E-state index in [9.17, 15) is 20.1 Å². The normalized spacial score (nSPS) is 31.2. The van der Waals surface area contributed by atoms with E-state index in [-0.39, 0.29) is 18.0 Å². The lowest BCUT2D eigenvalue weighted by atomic mass is 10.0. The number of aromatic amines is 1. The number of nitrogens with zero attached hydrogens (tertiary/aromatic N) is 1. The molecule has 4 atom stereocenters. The molecule has 2 rings (SSSR count). The number of aliphatic hydroxyl groups excluding tert-OH is 3. The van der Waals surface area contributed by atoms with E-state index in [0.29, 0.717) is 5.16 Å². The molecule has 9 heteroatoms. The van der Waals surface area contributed by atoms with Gasteiger partial charge >= 0.3 is 0 Å². The fraction of sp³-hybridized carbons (Fsp3) is 0.600. The van der Waals surface area contributed by atoms with E-state index in [0.717, 1.165) is 0 Å². The molecule has 1 saturated heterocycles. The predicted molar refractivity (Wildman–Crippen MR) is 68.0 cm³/mol. The maximum Gasteiger partial charge on any atom is 0.253 e. The third kappa shape index (κ3) is 3.25. The summed E-state index contributed by atoms with van der Waals surface area (Å²) in [6.45, 7) is -0.117. The van der Waals surface area contributed by atoms with Gasteiger partial charge in [-0.15, -0.1) is 0 Å². The highest BCUT2D eigenvalue weighted by atomic mass is 32.2. The number of hydrogen-bond acceptors (Lipinski definition) is 8. The minimum absolute atomic E-state index is 0.117. The molecule has 19 heavy (non-hydrogen) atoms. The SMILES string of the molecule is CSc1nc(N[C@H]2OC[C@@H](O)[C@@H](O)[C@H]2O)cc(=O)[nH]1. The van der Waals surface area contributed by atoms with E-state index in [1.165, 1.54) is 17.8 Å². The van der Waals surface area contributed by atoms with E-state index in [4.69, 9.17) is 4.74 Å². The Morgan fingerprint density at radius 2 is 2.21 bits per heavy atom. The second-order valence-corrected chi connectivity index (χ2v) is 4.88. The van der Waals surface area contributed by atoms with Crippen LogP contribution in [0.15, 0.2) is 16.0 Å². The molecule has 8 nitrogen and oxygen atoms in total. The van der Waals surface area contributed by atoms with Crippen molar-refractivity contribution in [1.82, 2.24) is 9.97 Å². The van der Waals surface area contributed by atoms with E-state index in [2.05, 4.69) is 15.3 Å². The van der Waals surface area contributed by atoms with Gasteiger partial charge in [0.25, 0.3) is 5.56 Å². The van der Waals surface area contributed by atoms with Gasteiger partial charge in [0.05, 0.1) is 6.61 Å². The van der Waals surface area contributed by atoms with Crippen LogP contribution in [-0.2, 0) is 4.74 Å². The molecule has 2 heterocycles. The molecule has 5 N–H and O–H groups in total. The number of nitrogens with one attached hydrogen (secondary N) is 2. The van der Waals surface area contributed by atoms with Crippen LogP contribution in [0.4, 0.5) is 5.82 Å². The van der Waals surface area contributed by atoms with Gasteiger partial charge in [0.2, 0.25) is 0 Å². The van der Waals surface area contributed by atoms with Gasteiger partial charge in [0.15, 0.2) is 11.4 Å². The van der Waals surface area contributed by atoms with Crippen LogP contribution in [0.5, 0.6) is 0 Å². The summed E-state index contributed by atoms with van der Waals surface area (Å²) in [6.07, 6.45) is -2.95. The third-order valence-corrected chi connectivity index (χ3v) is 3.28.